The molecule has 0 spiro atoms. The number of nitrogens with one attached hydrogen (secondary N) is 2. The monoisotopic (exact) mass is 323 g/mol. The standard InChI is InChI=1S/C18H33N3O2/c1-18(2,3)23-17(22)20-15-5-4-14(12-15)19-13-8-10-21(11-9-13)16-6-7-16/h13-16,19H,4-12H2,1-3H3,(H,20,22). The molecule has 2 atom stereocenters. The van der Waals surface area contributed by atoms with Crippen molar-refractivity contribution in [2.45, 2.75) is 95.5 Å². The summed E-state index contributed by atoms with van der Waals surface area (Å²) in [5.74, 6) is 0. The van der Waals surface area contributed by atoms with E-state index in [1.165, 1.54) is 38.8 Å². The summed E-state index contributed by atoms with van der Waals surface area (Å²) in [5.41, 5.74) is -0.421. The van der Waals surface area contributed by atoms with Crippen LogP contribution in [0.1, 0.15) is 65.7 Å². The molecule has 2 unspecified atom stereocenters. The summed E-state index contributed by atoms with van der Waals surface area (Å²) < 4.78 is 5.35. The van der Waals surface area contributed by atoms with Gasteiger partial charge in [-0.25, -0.2) is 4.79 Å². The highest BCUT2D eigenvalue weighted by molar-refractivity contribution is 5.68. The second kappa shape index (κ2) is 6.98. The lowest BCUT2D eigenvalue weighted by Crippen LogP contribution is -2.46. The van der Waals surface area contributed by atoms with Gasteiger partial charge in [0.1, 0.15) is 5.60 Å². The van der Waals surface area contributed by atoms with Gasteiger partial charge in [-0.3, -0.25) is 0 Å². The Labute approximate surface area is 140 Å². The molecule has 23 heavy (non-hydrogen) atoms. The quantitative estimate of drug-likeness (QED) is 0.835. The van der Waals surface area contributed by atoms with Crippen molar-refractivity contribution in [3.8, 4) is 0 Å². The van der Waals surface area contributed by atoms with Crippen LogP contribution in [0.15, 0.2) is 0 Å². The van der Waals surface area contributed by atoms with Gasteiger partial charge in [0, 0.05) is 24.2 Å². The van der Waals surface area contributed by atoms with Crippen molar-refractivity contribution in [2.24, 2.45) is 0 Å². The number of alkyl carbamates (subject to hydrolysis) is 1. The number of rotatable bonds is 4. The van der Waals surface area contributed by atoms with Gasteiger partial charge >= 0.3 is 6.09 Å². The highest BCUT2D eigenvalue weighted by Crippen LogP contribution is 2.30. The van der Waals surface area contributed by atoms with E-state index in [1.54, 1.807) is 0 Å². The Morgan fingerprint density at radius 2 is 1.61 bits per heavy atom. The fraction of sp³-hybridized carbons (Fsp3) is 0.944. The average Bonchev–Trinajstić information content (AvgIpc) is 3.20. The Balaban J connectivity index is 1.34. The van der Waals surface area contributed by atoms with E-state index in [4.69, 9.17) is 4.74 Å². The molecule has 1 aliphatic heterocycles. The predicted octanol–water partition coefficient (Wildman–Crippen LogP) is 2.65. The van der Waals surface area contributed by atoms with Crippen LogP contribution in [0.25, 0.3) is 0 Å². The molecule has 1 saturated heterocycles. The van der Waals surface area contributed by atoms with Gasteiger partial charge < -0.3 is 20.3 Å². The molecule has 1 amide bonds. The van der Waals surface area contributed by atoms with E-state index in [0.717, 1.165) is 25.3 Å². The van der Waals surface area contributed by atoms with E-state index in [9.17, 15) is 4.79 Å². The van der Waals surface area contributed by atoms with E-state index in [1.807, 2.05) is 20.8 Å². The van der Waals surface area contributed by atoms with E-state index < -0.39 is 5.60 Å². The van der Waals surface area contributed by atoms with Crippen molar-refractivity contribution in [2.75, 3.05) is 13.1 Å². The van der Waals surface area contributed by atoms with Crippen LogP contribution in [-0.4, -0.2) is 53.9 Å². The first-order chi connectivity index (χ1) is 10.9. The summed E-state index contributed by atoms with van der Waals surface area (Å²) in [7, 11) is 0. The maximum atomic E-state index is 11.9. The van der Waals surface area contributed by atoms with E-state index >= 15 is 0 Å². The first-order valence-corrected chi connectivity index (χ1v) is 9.39. The molecular formula is C18H33N3O2. The highest BCUT2D eigenvalue weighted by atomic mass is 16.6. The lowest BCUT2D eigenvalue weighted by atomic mass is 10.0. The maximum absolute atomic E-state index is 11.9. The molecule has 0 aromatic rings. The Morgan fingerprint density at radius 1 is 0.957 bits per heavy atom. The molecule has 0 aromatic carbocycles. The van der Waals surface area contributed by atoms with Crippen LogP contribution < -0.4 is 10.6 Å². The van der Waals surface area contributed by atoms with Crippen molar-refractivity contribution in [3.63, 3.8) is 0 Å². The highest BCUT2D eigenvalue weighted by Gasteiger charge is 2.33. The van der Waals surface area contributed by atoms with Gasteiger partial charge in [-0.15, -0.1) is 0 Å². The van der Waals surface area contributed by atoms with Gasteiger partial charge in [0.05, 0.1) is 0 Å². The lowest BCUT2D eigenvalue weighted by molar-refractivity contribution is 0.0505. The molecule has 132 valence electrons. The number of amides is 1. The molecule has 5 nitrogen and oxygen atoms in total. The Morgan fingerprint density at radius 3 is 2.22 bits per heavy atom. The average molecular weight is 323 g/mol. The van der Waals surface area contributed by atoms with Crippen LogP contribution in [-0.2, 0) is 4.74 Å². The van der Waals surface area contributed by atoms with Gasteiger partial charge in [-0.1, -0.05) is 0 Å². The van der Waals surface area contributed by atoms with E-state index in [2.05, 4.69) is 15.5 Å². The van der Waals surface area contributed by atoms with Crippen LogP contribution in [0.3, 0.4) is 0 Å². The van der Waals surface area contributed by atoms with Crippen LogP contribution >= 0.6 is 0 Å². The summed E-state index contributed by atoms with van der Waals surface area (Å²) in [4.78, 5) is 14.5. The number of hydrogen-bond donors (Lipinski definition) is 2. The Bertz CT molecular complexity index is 409. The number of likely N-dealkylation sites (tertiary alicyclic amines) is 1. The molecule has 2 aliphatic carbocycles. The minimum Gasteiger partial charge on any atom is -0.444 e. The first kappa shape index (κ1) is 17.0. The second-order valence-electron chi connectivity index (χ2n) is 8.56. The maximum Gasteiger partial charge on any atom is 0.407 e. The zero-order valence-corrected chi connectivity index (χ0v) is 14.9. The molecule has 0 radical (unpaired) electrons. The predicted molar refractivity (Wildman–Crippen MR) is 91.5 cm³/mol. The smallest absolute Gasteiger partial charge is 0.407 e. The number of carbonyl (C=O) groups excluding carboxylic acids is 1. The molecule has 2 saturated carbocycles. The summed E-state index contributed by atoms with van der Waals surface area (Å²) in [6.07, 6.45) is 8.34. The number of ether oxygens (including phenoxy) is 1. The Hall–Kier alpha value is -0.810. The van der Waals surface area contributed by atoms with Gasteiger partial charge in [0.15, 0.2) is 0 Å². The molecule has 3 fully saturated rings. The van der Waals surface area contributed by atoms with Gasteiger partial charge in [0.25, 0.3) is 0 Å². The zero-order valence-electron chi connectivity index (χ0n) is 14.9. The zero-order chi connectivity index (χ0) is 16.4. The lowest BCUT2D eigenvalue weighted by Gasteiger charge is -2.34. The fourth-order valence-electron chi connectivity index (χ4n) is 3.94. The van der Waals surface area contributed by atoms with E-state index in [-0.39, 0.29) is 12.1 Å². The third-order valence-corrected chi connectivity index (χ3v) is 5.22. The number of nitrogens with zero attached hydrogens (tertiary/aromatic N) is 1. The van der Waals surface area contributed by atoms with Crippen molar-refractivity contribution in [3.05, 3.63) is 0 Å². The fourth-order valence-corrected chi connectivity index (χ4v) is 3.94. The number of hydrogen-bond acceptors (Lipinski definition) is 4. The van der Waals surface area contributed by atoms with Crippen LogP contribution in [0, 0.1) is 0 Å². The van der Waals surface area contributed by atoms with Crippen molar-refractivity contribution in [1.29, 1.82) is 0 Å². The normalized spacial score (nSPS) is 30.4. The Kier molecular flexibility index (Phi) is 5.16. The minimum absolute atomic E-state index is 0.258. The second-order valence-corrected chi connectivity index (χ2v) is 8.56. The summed E-state index contributed by atoms with van der Waals surface area (Å²) >= 11 is 0. The SMILES string of the molecule is CC(C)(C)OC(=O)NC1CCC(NC2CCN(C3CC3)CC2)C1. The van der Waals surface area contributed by atoms with Crippen molar-refractivity contribution >= 4 is 6.09 Å². The van der Waals surface area contributed by atoms with Crippen molar-refractivity contribution in [1.82, 2.24) is 15.5 Å². The number of carbonyl (C=O) groups is 1. The number of piperidine rings is 1. The summed E-state index contributed by atoms with van der Waals surface area (Å²) in [6, 6.07) is 2.38. The van der Waals surface area contributed by atoms with E-state index in [0.29, 0.717) is 12.1 Å². The molecular weight excluding hydrogens is 290 g/mol. The molecule has 0 bridgehead atoms. The topological polar surface area (TPSA) is 53.6 Å². The molecule has 1 heterocycles. The third kappa shape index (κ3) is 5.35. The van der Waals surface area contributed by atoms with Crippen LogP contribution in [0.2, 0.25) is 0 Å². The van der Waals surface area contributed by atoms with Gasteiger partial charge in [-0.2, -0.15) is 0 Å². The summed E-state index contributed by atoms with van der Waals surface area (Å²) in [6.45, 7) is 8.22. The molecule has 3 aliphatic rings. The molecule has 0 aromatic heterocycles. The van der Waals surface area contributed by atoms with Gasteiger partial charge in [-0.05, 0) is 78.8 Å². The molecule has 5 heteroatoms. The van der Waals surface area contributed by atoms with Crippen LogP contribution in [0.5, 0.6) is 0 Å². The van der Waals surface area contributed by atoms with Crippen molar-refractivity contribution < 1.29 is 9.53 Å². The molecule has 3 rings (SSSR count). The summed E-state index contributed by atoms with van der Waals surface area (Å²) in [5, 5.41) is 6.85. The largest absolute Gasteiger partial charge is 0.444 e. The minimum atomic E-state index is -0.421. The first-order valence-electron chi connectivity index (χ1n) is 9.39. The molecule has 2 N–H and O–H groups in total. The van der Waals surface area contributed by atoms with Gasteiger partial charge in [0.2, 0.25) is 0 Å². The third-order valence-electron chi connectivity index (χ3n) is 5.22. The van der Waals surface area contributed by atoms with Crippen LogP contribution in [0.4, 0.5) is 4.79 Å².